The van der Waals surface area contributed by atoms with Gasteiger partial charge in [-0.3, -0.25) is 9.59 Å². The summed E-state index contributed by atoms with van der Waals surface area (Å²) in [5.41, 5.74) is -0.170. The van der Waals surface area contributed by atoms with Crippen molar-refractivity contribution >= 4 is 11.8 Å². The Kier molecular flexibility index (Phi) is 4.73. The molecule has 0 atom stereocenters. The molecule has 4 nitrogen and oxygen atoms in total. The third-order valence-corrected chi connectivity index (χ3v) is 6.91. The number of nitrogens with one attached hydrogen (secondary N) is 2. The van der Waals surface area contributed by atoms with Gasteiger partial charge >= 0.3 is 0 Å². The fourth-order valence-corrected chi connectivity index (χ4v) is 6.13. The minimum absolute atomic E-state index is 0.156. The zero-order chi connectivity index (χ0) is 19.4. The van der Waals surface area contributed by atoms with Crippen LogP contribution in [-0.2, 0) is 9.59 Å². The van der Waals surface area contributed by atoms with Crippen LogP contribution in [0.5, 0.6) is 0 Å². The van der Waals surface area contributed by atoms with E-state index in [0.29, 0.717) is 0 Å². The van der Waals surface area contributed by atoms with Crippen LogP contribution in [0, 0.1) is 33.5 Å². The van der Waals surface area contributed by atoms with E-state index >= 15 is 0 Å². The summed E-state index contributed by atoms with van der Waals surface area (Å²) in [5, 5.41) is 6.52. The maximum absolute atomic E-state index is 12.4. The molecule has 0 heterocycles. The maximum Gasteiger partial charge on any atom is 0.225 e. The smallest absolute Gasteiger partial charge is 0.225 e. The van der Waals surface area contributed by atoms with Crippen molar-refractivity contribution in [3.8, 4) is 0 Å². The normalized spacial score (nSPS) is 36.1. The lowest BCUT2D eigenvalue weighted by Crippen LogP contribution is -2.59. The molecule has 0 aromatic rings. The molecule has 4 bridgehead atoms. The molecule has 0 spiro atoms. The number of amides is 2. The van der Waals surface area contributed by atoms with Gasteiger partial charge in [0, 0.05) is 23.9 Å². The Bertz CT molecular complexity index is 520. The zero-order valence-corrected chi connectivity index (χ0v) is 17.6. The molecule has 4 heteroatoms. The molecule has 0 unspecified atom stereocenters. The van der Waals surface area contributed by atoms with Gasteiger partial charge in [0.1, 0.15) is 0 Å². The number of carbonyl (C=O) groups is 2. The fraction of sp³-hybridized carbons (Fsp3) is 0.909. The van der Waals surface area contributed by atoms with E-state index in [9.17, 15) is 9.59 Å². The number of hydrogen-bond donors (Lipinski definition) is 2. The highest BCUT2D eigenvalue weighted by Gasteiger charge is 2.57. The lowest BCUT2D eigenvalue weighted by atomic mass is 9.44. The second-order valence-electron chi connectivity index (χ2n) is 11.8. The van der Waals surface area contributed by atoms with E-state index in [1.54, 1.807) is 0 Å². The van der Waals surface area contributed by atoms with Crippen molar-refractivity contribution in [2.45, 2.75) is 80.1 Å². The van der Waals surface area contributed by atoms with Crippen molar-refractivity contribution < 1.29 is 9.59 Å². The molecule has 0 aromatic heterocycles. The van der Waals surface area contributed by atoms with Crippen LogP contribution >= 0.6 is 0 Å². The second-order valence-corrected chi connectivity index (χ2v) is 11.8. The molecule has 0 aromatic carbocycles. The van der Waals surface area contributed by atoms with E-state index in [2.05, 4.69) is 10.6 Å². The Labute approximate surface area is 159 Å². The van der Waals surface area contributed by atoms with Crippen LogP contribution in [0.4, 0.5) is 0 Å². The first-order valence-electron chi connectivity index (χ1n) is 10.4. The van der Waals surface area contributed by atoms with Gasteiger partial charge in [-0.2, -0.15) is 0 Å². The molecular formula is C22H38N2O2. The summed E-state index contributed by atoms with van der Waals surface area (Å²) in [7, 11) is 0. The first-order valence-corrected chi connectivity index (χ1v) is 10.4. The Balaban J connectivity index is 1.68. The van der Waals surface area contributed by atoms with Crippen LogP contribution in [0.3, 0.4) is 0 Å². The fourth-order valence-electron chi connectivity index (χ4n) is 6.13. The average molecular weight is 363 g/mol. The summed E-state index contributed by atoms with van der Waals surface area (Å²) in [6.45, 7) is 13.5. The standard InChI is InChI=1S/C22H38N2O2/c1-19(2,3)17(25)23-13-21-8-15-7-16(9-21)11-22(10-15,12-21)14-24-18(26)20(4,5)6/h15-16H,7-14H2,1-6H3,(H,23,25)(H,24,26). The molecule has 2 amide bonds. The van der Waals surface area contributed by atoms with Crippen LogP contribution in [0.15, 0.2) is 0 Å². The van der Waals surface area contributed by atoms with Gasteiger partial charge in [-0.25, -0.2) is 0 Å². The summed E-state index contributed by atoms with van der Waals surface area (Å²) in [6, 6.07) is 0. The Morgan fingerprint density at radius 2 is 1.12 bits per heavy atom. The summed E-state index contributed by atoms with van der Waals surface area (Å²) in [5.74, 6) is 1.86. The van der Waals surface area contributed by atoms with Gasteiger partial charge in [0.05, 0.1) is 0 Å². The quantitative estimate of drug-likeness (QED) is 0.797. The summed E-state index contributed by atoms with van der Waals surface area (Å²) in [4.78, 5) is 24.8. The van der Waals surface area contributed by atoms with Crippen LogP contribution in [-0.4, -0.2) is 24.9 Å². The van der Waals surface area contributed by atoms with E-state index in [1.807, 2.05) is 41.5 Å². The first kappa shape index (κ1) is 19.7. The number of hydrogen-bond acceptors (Lipinski definition) is 2. The highest BCUT2D eigenvalue weighted by molar-refractivity contribution is 5.81. The molecule has 0 aliphatic heterocycles. The third-order valence-electron chi connectivity index (χ3n) is 6.91. The van der Waals surface area contributed by atoms with Crippen LogP contribution in [0.1, 0.15) is 80.1 Å². The molecule has 4 aliphatic rings. The molecule has 148 valence electrons. The average Bonchev–Trinajstić information content (AvgIpc) is 2.47. The topological polar surface area (TPSA) is 58.2 Å². The Morgan fingerprint density at radius 1 is 0.769 bits per heavy atom. The minimum Gasteiger partial charge on any atom is -0.355 e. The van der Waals surface area contributed by atoms with Crippen molar-refractivity contribution in [1.82, 2.24) is 10.6 Å². The van der Waals surface area contributed by atoms with Gasteiger partial charge in [-0.1, -0.05) is 41.5 Å². The molecule has 0 saturated heterocycles. The van der Waals surface area contributed by atoms with E-state index in [1.165, 1.54) is 32.1 Å². The molecule has 26 heavy (non-hydrogen) atoms. The van der Waals surface area contributed by atoms with Crippen LogP contribution in [0.25, 0.3) is 0 Å². The van der Waals surface area contributed by atoms with Gasteiger partial charge in [0.25, 0.3) is 0 Å². The molecule has 4 aliphatic carbocycles. The van der Waals surface area contributed by atoms with Gasteiger partial charge in [-0.15, -0.1) is 0 Å². The highest BCUT2D eigenvalue weighted by Crippen LogP contribution is 2.64. The van der Waals surface area contributed by atoms with Crippen LogP contribution < -0.4 is 10.6 Å². The highest BCUT2D eigenvalue weighted by atomic mass is 16.2. The molecule has 4 saturated carbocycles. The number of rotatable bonds is 4. The lowest BCUT2D eigenvalue weighted by molar-refractivity contribution is -0.137. The third kappa shape index (κ3) is 3.94. The molecule has 4 fully saturated rings. The lowest BCUT2D eigenvalue weighted by Gasteiger charge is -2.62. The minimum atomic E-state index is -0.333. The SMILES string of the molecule is CC(C)(C)C(=O)NCC12CC3CC(C1)CC(CNC(=O)C(C)(C)C)(C3)C2. The summed E-state index contributed by atoms with van der Waals surface area (Å²) >= 11 is 0. The van der Waals surface area contributed by atoms with Crippen molar-refractivity contribution in [3.63, 3.8) is 0 Å². The number of carbonyl (C=O) groups excluding carboxylic acids is 2. The molecule has 4 rings (SSSR count). The van der Waals surface area contributed by atoms with E-state index < -0.39 is 0 Å². The zero-order valence-electron chi connectivity index (χ0n) is 17.6. The van der Waals surface area contributed by atoms with Crippen molar-refractivity contribution in [1.29, 1.82) is 0 Å². The molecule has 2 N–H and O–H groups in total. The summed E-state index contributed by atoms with van der Waals surface area (Å²) in [6.07, 6.45) is 7.52. The van der Waals surface area contributed by atoms with Crippen molar-refractivity contribution in [2.24, 2.45) is 33.5 Å². The molecule has 0 radical (unpaired) electrons. The summed E-state index contributed by atoms with van der Waals surface area (Å²) < 4.78 is 0. The van der Waals surface area contributed by atoms with E-state index in [4.69, 9.17) is 0 Å². The van der Waals surface area contributed by atoms with Gasteiger partial charge in [-0.05, 0) is 61.2 Å². The van der Waals surface area contributed by atoms with Crippen molar-refractivity contribution in [3.05, 3.63) is 0 Å². The van der Waals surface area contributed by atoms with Gasteiger partial charge < -0.3 is 10.6 Å². The monoisotopic (exact) mass is 362 g/mol. The Hall–Kier alpha value is -1.06. The second kappa shape index (κ2) is 6.24. The van der Waals surface area contributed by atoms with Crippen LogP contribution in [0.2, 0.25) is 0 Å². The Morgan fingerprint density at radius 3 is 1.42 bits per heavy atom. The van der Waals surface area contributed by atoms with Gasteiger partial charge in [0.2, 0.25) is 11.8 Å². The van der Waals surface area contributed by atoms with Gasteiger partial charge in [0.15, 0.2) is 0 Å². The first-order chi connectivity index (χ1) is 11.8. The predicted octanol–water partition coefficient (Wildman–Crippen LogP) is 3.90. The van der Waals surface area contributed by atoms with E-state index in [0.717, 1.165) is 31.3 Å². The molecular weight excluding hydrogens is 324 g/mol. The maximum atomic E-state index is 12.4. The largest absolute Gasteiger partial charge is 0.355 e. The van der Waals surface area contributed by atoms with Crippen molar-refractivity contribution in [2.75, 3.05) is 13.1 Å². The van der Waals surface area contributed by atoms with E-state index in [-0.39, 0.29) is 33.5 Å². The predicted molar refractivity (Wildman–Crippen MR) is 104 cm³/mol.